The highest BCUT2D eigenvalue weighted by Crippen LogP contribution is 1.81. The summed E-state index contributed by atoms with van der Waals surface area (Å²) in [6.45, 7) is 5.00. The smallest absolute Gasteiger partial charge is 0.00541 e. The Hall–Kier alpha value is -0.120. The van der Waals surface area contributed by atoms with E-state index in [0.29, 0.717) is 5.92 Å². The summed E-state index contributed by atoms with van der Waals surface area (Å²) in [7, 11) is 0. The maximum atomic E-state index is 5.17. The van der Waals surface area contributed by atoms with Crippen molar-refractivity contribution in [1.29, 1.82) is 0 Å². The van der Waals surface area contributed by atoms with Crippen LogP contribution in [0, 0.1) is 5.92 Å². The normalized spacial score (nSPS) is 7.71. The molecule has 6 N–H and O–H groups in total. The van der Waals surface area contributed by atoms with Gasteiger partial charge < -0.3 is 5.73 Å². The Morgan fingerprint density at radius 2 is 1.43 bits per heavy atom. The van der Waals surface area contributed by atoms with Crippen LogP contribution in [0.25, 0.3) is 0 Å². The van der Waals surface area contributed by atoms with Crippen LogP contribution in [0.5, 0.6) is 0 Å². The van der Waals surface area contributed by atoms with E-state index in [1.54, 1.807) is 0 Å². The Labute approximate surface area is 44.8 Å². The topological polar surface area (TPSA) is 78.1 Å². The maximum absolute atomic E-state index is 5.17. The molecule has 0 aromatic rings. The van der Waals surface area contributed by atoms with Gasteiger partial charge in [0.25, 0.3) is 0 Å². The number of hydrogen-bond acceptors (Lipinski definition) is 3. The molecule has 0 unspecified atom stereocenters. The SMILES string of the molecule is CC(C)CN.NN. The molecule has 46 valence electrons. The molecule has 0 radical (unpaired) electrons. The summed E-state index contributed by atoms with van der Waals surface area (Å²) in [6, 6.07) is 0. The maximum Gasteiger partial charge on any atom is -0.00541 e. The summed E-state index contributed by atoms with van der Waals surface area (Å²) >= 11 is 0. The second-order valence-corrected chi connectivity index (χ2v) is 1.63. The van der Waals surface area contributed by atoms with Gasteiger partial charge in [0.05, 0.1) is 0 Å². The summed E-state index contributed by atoms with van der Waals surface area (Å²) in [5.74, 6) is 8.66. The molecule has 0 aliphatic carbocycles. The lowest BCUT2D eigenvalue weighted by Crippen LogP contribution is -2.05. The third kappa shape index (κ3) is 25.0. The van der Waals surface area contributed by atoms with Crippen molar-refractivity contribution in [1.82, 2.24) is 0 Å². The van der Waals surface area contributed by atoms with Crippen molar-refractivity contribution in [3.63, 3.8) is 0 Å². The molecule has 0 saturated carbocycles. The van der Waals surface area contributed by atoms with Gasteiger partial charge in [-0.05, 0) is 12.5 Å². The highest BCUT2D eigenvalue weighted by molar-refractivity contribution is 4.38. The Kier molecular flexibility index (Phi) is 13.3. The zero-order valence-corrected chi connectivity index (χ0v) is 5.02. The second-order valence-electron chi connectivity index (χ2n) is 1.63. The van der Waals surface area contributed by atoms with Crippen LogP contribution in [0.1, 0.15) is 13.8 Å². The molecular weight excluding hydrogens is 90.1 g/mol. The molecule has 0 amide bonds. The van der Waals surface area contributed by atoms with E-state index < -0.39 is 0 Å². The Bertz CT molecular complexity index is 20.9. The van der Waals surface area contributed by atoms with E-state index in [2.05, 4.69) is 25.5 Å². The Balaban J connectivity index is 0. The van der Waals surface area contributed by atoms with Crippen LogP contribution in [-0.4, -0.2) is 6.54 Å². The van der Waals surface area contributed by atoms with Gasteiger partial charge >= 0.3 is 0 Å². The van der Waals surface area contributed by atoms with Gasteiger partial charge in [-0.3, -0.25) is 11.7 Å². The summed E-state index contributed by atoms with van der Waals surface area (Å²) in [4.78, 5) is 0. The minimum atomic E-state index is 0.662. The number of rotatable bonds is 1. The first-order valence-electron chi connectivity index (χ1n) is 2.30. The van der Waals surface area contributed by atoms with Crippen LogP contribution in [0.4, 0.5) is 0 Å². The zero-order valence-electron chi connectivity index (χ0n) is 5.02. The standard InChI is InChI=1S/C4H11N.H4N2/c1-4(2)3-5;1-2/h4H,3,5H2,1-2H3;1-2H2. The number of nitrogens with two attached hydrogens (primary N) is 3. The minimum Gasteiger partial charge on any atom is -0.330 e. The average Bonchev–Trinajstić information content (AvgIpc) is 1.73. The van der Waals surface area contributed by atoms with Gasteiger partial charge in [-0.25, -0.2) is 0 Å². The van der Waals surface area contributed by atoms with Gasteiger partial charge in [0, 0.05) is 0 Å². The monoisotopic (exact) mass is 105 g/mol. The van der Waals surface area contributed by atoms with Gasteiger partial charge in [0.1, 0.15) is 0 Å². The van der Waals surface area contributed by atoms with Crippen molar-refractivity contribution in [2.24, 2.45) is 23.3 Å². The first-order valence-corrected chi connectivity index (χ1v) is 2.30. The molecule has 0 aromatic carbocycles. The van der Waals surface area contributed by atoms with E-state index in [4.69, 9.17) is 5.73 Å². The van der Waals surface area contributed by atoms with Gasteiger partial charge in [-0.1, -0.05) is 13.8 Å². The predicted molar refractivity (Wildman–Crippen MR) is 32.3 cm³/mol. The fourth-order valence-corrected chi connectivity index (χ4v) is 0. The minimum absolute atomic E-state index is 0.662. The van der Waals surface area contributed by atoms with Crippen molar-refractivity contribution in [3.8, 4) is 0 Å². The molecule has 0 fully saturated rings. The summed E-state index contributed by atoms with van der Waals surface area (Å²) in [5.41, 5.74) is 5.17. The highest BCUT2D eigenvalue weighted by atomic mass is 15.0. The van der Waals surface area contributed by atoms with Crippen molar-refractivity contribution in [3.05, 3.63) is 0 Å². The van der Waals surface area contributed by atoms with Crippen LogP contribution in [0.15, 0.2) is 0 Å². The second kappa shape index (κ2) is 9.30. The van der Waals surface area contributed by atoms with Gasteiger partial charge in [-0.2, -0.15) is 0 Å². The van der Waals surface area contributed by atoms with Crippen molar-refractivity contribution in [2.45, 2.75) is 13.8 Å². The summed E-state index contributed by atoms with van der Waals surface area (Å²) in [6.07, 6.45) is 0. The van der Waals surface area contributed by atoms with Crippen molar-refractivity contribution >= 4 is 0 Å². The van der Waals surface area contributed by atoms with Crippen LogP contribution >= 0.6 is 0 Å². The molecule has 3 heteroatoms. The predicted octanol–water partition coefficient (Wildman–Crippen LogP) is -0.580. The number of hydrogen-bond donors (Lipinski definition) is 3. The van der Waals surface area contributed by atoms with Crippen LogP contribution in [-0.2, 0) is 0 Å². The van der Waals surface area contributed by atoms with Crippen molar-refractivity contribution < 1.29 is 0 Å². The third-order valence-electron chi connectivity index (χ3n) is 0.471. The Morgan fingerprint density at radius 1 is 1.29 bits per heavy atom. The molecule has 0 bridgehead atoms. The van der Waals surface area contributed by atoms with Crippen molar-refractivity contribution in [2.75, 3.05) is 6.54 Å². The van der Waals surface area contributed by atoms with E-state index in [-0.39, 0.29) is 0 Å². The Morgan fingerprint density at radius 3 is 1.43 bits per heavy atom. The van der Waals surface area contributed by atoms with Crippen LogP contribution in [0.2, 0.25) is 0 Å². The van der Waals surface area contributed by atoms with Gasteiger partial charge in [-0.15, -0.1) is 0 Å². The molecule has 3 nitrogen and oxygen atoms in total. The first-order chi connectivity index (χ1) is 3.27. The zero-order chi connectivity index (χ0) is 6.28. The van der Waals surface area contributed by atoms with Crippen LogP contribution < -0.4 is 17.4 Å². The lowest BCUT2D eigenvalue weighted by Gasteiger charge is -1.91. The van der Waals surface area contributed by atoms with E-state index in [1.807, 2.05) is 0 Å². The first kappa shape index (κ1) is 9.99. The summed E-state index contributed by atoms with van der Waals surface area (Å²) < 4.78 is 0. The van der Waals surface area contributed by atoms with E-state index in [9.17, 15) is 0 Å². The lowest BCUT2D eigenvalue weighted by molar-refractivity contribution is 0.664. The van der Waals surface area contributed by atoms with E-state index >= 15 is 0 Å². The third-order valence-corrected chi connectivity index (χ3v) is 0.471. The van der Waals surface area contributed by atoms with E-state index in [1.165, 1.54) is 0 Å². The molecular formula is C4H15N3. The fourth-order valence-electron chi connectivity index (χ4n) is 0. The highest BCUT2D eigenvalue weighted by Gasteiger charge is 1.80. The molecule has 0 aromatic heterocycles. The van der Waals surface area contributed by atoms with E-state index in [0.717, 1.165) is 6.54 Å². The quantitative estimate of drug-likeness (QED) is 0.308. The lowest BCUT2D eigenvalue weighted by atomic mass is 10.2. The average molecular weight is 105 g/mol. The molecule has 0 rings (SSSR count). The molecule has 0 heterocycles. The molecule has 0 atom stereocenters. The largest absolute Gasteiger partial charge is 0.330 e. The molecule has 0 saturated heterocycles. The van der Waals surface area contributed by atoms with Gasteiger partial charge in [0.15, 0.2) is 0 Å². The van der Waals surface area contributed by atoms with Gasteiger partial charge in [0.2, 0.25) is 0 Å². The summed E-state index contributed by atoms with van der Waals surface area (Å²) in [5, 5.41) is 0. The number of hydrazine groups is 1. The molecule has 0 aliphatic rings. The molecule has 0 spiro atoms. The molecule has 0 aliphatic heterocycles. The fraction of sp³-hybridized carbons (Fsp3) is 1.00. The van der Waals surface area contributed by atoms with Crippen LogP contribution in [0.3, 0.4) is 0 Å². The molecule has 7 heavy (non-hydrogen) atoms.